The number of nitro groups is 1. The smallest absolute Gasteiger partial charge is 0.271 e. The molecule has 4 rings (SSSR count). The highest BCUT2D eigenvalue weighted by molar-refractivity contribution is 6.25. The van der Waals surface area contributed by atoms with Crippen molar-refractivity contribution in [3.8, 4) is 5.75 Å². The van der Waals surface area contributed by atoms with Gasteiger partial charge in [-0.15, -0.1) is 0 Å². The summed E-state index contributed by atoms with van der Waals surface area (Å²) in [6.07, 6.45) is 4.95. The van der Waals surface area contributed by atoms with Gasteiger partial charge in [0.05, 0.1) is 29.9 Å². The van der Waals surface area contributed by atoms with Gasteiger partial charge in [0.2, 0.25) is 11.8 Å². The summed E-state index contributed by atoms with van der Waals surface area (Å²) in [4.78, 5) is 51.9. The second-order valence-electron chi connectivity index (χ2n) is 8.76. The van der Waals surface area contributed by atoms with E-state index in [0.717, 1.165) is 11.0 Å². The summed E-state index contributed by atoms with van der Waals surface area (Å²) in [6, 6.07) is 2.25. The highest BCUT2D eigenvalue weighted by atomic mass is 16.6. The third-order valence-corrected chi connectivity index (χ3v) is 5.91. The third-order valence-electron chi connectivity index (χ3n) is 5.91. The molecule has 10 heteroatoms. The molecule has 2 saturated heterocycles. The second kappa shape index (κ2) is 7.00. The lowest BCUT2D eigenvalue weighted by Crippen LogP contribution is -2.49. The van der Waals surface area contributed by atoms with E-state index in [9.17, 15) is 24.5 Å². The van der Waals surface area contributed by atoms with E-state index in [-0.39, 0.29) is 22.9 Å². The molecule has 0 saturated carbocycles. The van der Waals surface area contributed by atoms with Gasteiger partial charge in [-0.3, -0.25) is 29.5 Å². The molecule has 162 valence electrons. The maximum atomic E-state index is 13.6. The maximum Gasteiger partial charge on any atom is 0.271 e. The van der Waals surface area contributed by atoms with E-state index in [0.29, 0.717) is 0 Å². The molecule has 10 nitrogen and oxygen atoms in total. The second-order valence-corrected chi connectivity index (χ2v) is 8.76. The van der Waals surface area contributed by atoms with Crippen LogP contribution >= 0.6 is 0 Å². The van der Waals surface area contributed by atoms with Crippen molar-refractivity contribution < 1.29 is 24.0 Å². The number of nitro benzene ring substituents is 1. The first kappa shape index (κ1) is 20.7. The van der Waals surface area contributed by atoms with Crippen LogP contribution in [0.15, 0.2) is 35.5 Å². The number of carbonyl (C=O) groups excluding carboxylic acids is 3. The molecule has 1 aromatic rings. The molecule has 0 bridgehead atoms. The first-order chi connectivity index (χ1) is 14.6. The minimum absolute atomic E-state index is 0.00195. The zero-order chi connectivity index (χ0) is 22.7. The Kier molecular flexibility index (Phi) is 4.68. The number of carbonyl (C=O) groups is 3. The number of hydrazone groups is 1. The van der Waals surface area contributed by atoms with Gasteiger partial charge in [-0.25, -0.2) is 4.90 Å². The van der Waals surface area contributed by atoms with Gasteiger partial charge in [-0.2, -0.15) is 5.10 Å². The number of anilines is 1. The molecule has 0 N–H and O–H groups in total. The van der Waals surface area contributed by atoms with Crippen molar-refractivity contribution in [3.05, 3.63) is 40.5 Å². The van der Waals surface area contributed by atoms with Crippen LogP contribution in [-0.2, 0) is 14.4 Å². The van der Waals surface area contributed by atoms with Crippen molar-refractivity contribution in [3.63, 3.8) is 0 Å². The summed E-state index contributed by atoms with van der Waals surface area (Å²) >= 11 is 0. The zero-order valence-electron chi connectivity index (χ0n) is 17.5. The number of allylic oxidation sites excluding steroid dienone is 1. The average Bonchev–Trinajstić information content (AvgIpc) is 3.19. The average molecular weight is 426 g/mol. The van der Waals surface area contributed by atoms with Crippen LogP contribution < -0.4 is 9.64 Å². The van der Waals surface area contributed by atoms with Gasteiger partial charge in [0.1, 0.15) is 17.5 Å². The van der Waals surface area contributed by atoms with Crippen LogP contribution in [-0.4, -0.2) is 52.9 Å². The minimum Gasteiger partial charge on any atom is -0.495 e. The summed E-state index contributed by atoms with van der Waals surface area (Å²) in [7, 11) is 1.35. The van der Waals surface area contributed by atoms with Gasteiger partial charge < -0.3 is 4.74 Å². The van der Waals surface area contributed by atoms with E-state index < -0.39 is 46.1 Å². The minimum atomic E-state index is -0.951. The van der Waals surface area contributed by atoms with Gasteiger partial charge in [-0.1, -0.05) is 26.8 Å². The van der Waals surface area contributed by atoms with Crippen molar-refractivity contribution in [2.75, 3.05) is 12.0 Å². The van der Waals surface area contributed by atoms with Crippen LogP contribution in [0.25, 0.3) is 0 Å². The lowest BCUT2D eigenvalue weighted by molar-refractivity contribution is -0.384. The van der Waals surface area contributed by atoms with Gasteiger partial charge in [0, 0.05) is 23.8 Å². The van der Waals surface area contributed by atoms with E-state index >= 15 is 0 Å². The summed E-state index contributed by atoms with van der Waals surface area (Å²) in [6.45, 7) is 5.26. The first-order valence-corrected chi connectivity index (χ1v) is 9.81. The standard InChI is InChI=1S/C21H22N4O6/c1-21(2,3)18(26)17-16-15(12-6-5-9-22-24(12)17)19(27)23(20(16)28)13-10-11(25(29)30)7-8-14(13)31-4/h5-10,12,15-17H,1-4H3/t12-,15-,16-,17-/m1/s1. The van der Waals surface area contributed by atoms with Crippen molar-refractivity contribution in [2.24, 2.45) is 22.4 Å². The first-order valence-electron chi connectivity index (χ1n) is 9.81. The number of hydrogen-bond donors (Lipinski definition) is 0. The number of Topliss-reactive ketones (excluding diaryl/α,β-unsaturated/α-hetero) is 1. The SMILES string of the molecule is COc1ccc([N+](=O)[O-])cc1N1C(=O)[C@@H]2[C@H](C1=O)[C@H]1C=CC=NN1[C@H]2C(=O)C(C)(C)C. The van der Waals surface area contributed by atoms with E-state index in [1.54, 1.807) is 37.9 Å². The summed E-state index contributed by atoms with van der Waals surface area (Å²) < 4.78 is 5.26. The topological polar surface area (TPSA) is 122 Å². The van der Waals surface area contributed by atoms with Crippen LogP contribution in [0.3, 0.4) is 0 Å². The van der Waals surface area contributed by atoms with Crippen molar-refractivity contribution >= 4 is 35.2 Å². The van der Waals surface area contributed by atoms with Crippen LogP contribution in [0.4, 0.5) is 11.4 Å². The summed E-state index contributed by atoms with van der Waals surface area (Å²) in [5.41, 5.74) is -1.04. The van der Waals surface area contributed by atoms with E-state index in [4.69, 9.17) is 4.74 Å². The fraction of sp³-hybridized carbons (Fsp3) is 0.429. The Hall–Kier alpha value is -3.56. The quantitative estimate of drug-likeness (QED) is 0.409. The number of hydrogen-bond acceptors (Lipinski definition) is 8. The van der Waals surface area contributed by atoms with E-state index in [1.165, 1.54) is 25.5 Å². The molecule has 0 radical (unpaired) electrons. The molecule has 0 spiro atoms. The fourth-order valence-corrected chi connectivity index (χ4v) is 4.49. The lowest BCUT2D eigenvalue weighted by atomic mass is 9.80. The monoisotopic (exact) mass is 426 g/mol. The van der Waals surface area contributed by atoms with Crippen molar-refractivity contribution in [1.82, 2.24) is 5.01 Å². The fourth-order valence-electron chi connectivity index (χ4n) is 4.49. The molecule has 3 aliphatic heterocycles. The molecule has 0 aliphatic carbocycles. The van der Waals surface area contributed by atoms with Crippen LogP contribution in [0, 0.1) is 27.4 Å². The van der Waals surface area contributed by atoms with Crippen molar-refractivity contribution in [2.45, 2.75) is 32.9 Å². The number of nitrogens with zero attached hydrogens (tertiary/aromatic N) is 4. The molecule has 4 atom stereocenters. The number of imide groups is 1. The highest BCUT2D eigenvalue weighted by Crippen LogP contribution is 2.48. The number of benzene rings is 1. The number of fused-ring (bicyclic) bond motifs is 3. The molecular weight excluding hydrogens is 404 g/mol. The zero-order valence-corrected chi connectivity index (χ0v) is 17.5. The molecular formula is C21H22N4O6. The number of amides is 2. The Labute approximate surface area is 178 Å². The van der Waals surface area contributed by atoms with Crippen LogP contribution in [0.5, 0.6) is 5.75 Å². The number of methoxy groups -OCH3 is 1. The number of ether oxygens (including phenoxy) is 1. The van der Waals surface area contributed by atoms with Gasteiger partial charge in [0.15, 0.2) is 5.78 Å². The van der Waals surface area contributed by atoms with Gasteiger partial charge >= 0.3 is 0 Å². The highest BCUT2D eigenvalue weighted by Gasteiger charge is 2.65. The van der Waals surface area contributed by atoms with E-state index in [2.05, 4.69) is 5.10 Å². The van der Waals surface area contributed by atoms with Gasteiger partial charge in [0.25, 0.3) is 5.69 Å². The number of non-ortho nitro benzene ring substituents is 1. The Morgan fingerprint density at radius 2 is 1.87 bits per heavy atom. The normalized spacial score (nSPS) is 26.8. The lowest BCUT2D eigenvalue weighted by Gasteiger charge is -2.33. The Morgan fingerprint density at radius 1 is 1.19 bits per heavy atom. The molecule has 2 fully saturated rings. The van der Waals surface area contributed by atoms with Crippen molar-refractivity contribution in [1.29, 1.82) is 0 Å². The maximum absolute atomic E-state index is 13.6. The van der Waals surface area contributed by atoms with Gasteiger partial charge in [-0.05, 0) is 12.1 Å². The largest absolute Gasteiger partial charge is 0.495 e. The number of ketones is 1. The molecule has 31 heavy (non-hydrogen) atoms. The molecule has 0 unspecified atom stereocenters. The Morgan fingerprint density at radius 3 is 2.48 bits per heavy atom. The predicted octanol–water partition coefficient (Wildman–Crippen LogP) is 1.93. The summed E-state index contributed by atoms with van der Waals surface area (Å²) in [5, 5.41) is 17.1. The summed E-state index contributed by atoms with van der Waals surface area (Å²) in [5.74, 6) is -2.95. The van der Waals surface area contributed by atoms with Crippen LogP contribution in [0.2, 0.25) is 0 Å². The van der Waals surface area contributed by atoms with E-state index in [1.807, 2.05) is 0 Å². The van der Waals surface area contributed by atoms with Crippen LogP contribution in [0.1, 0.15) is 20.8 Å². The molecule has 3 heterocycles. The third kappa shape index (κ3) is 3.01. The Bertz CT molecular complexity index is 1060. The molecule has 0 aromatic heterocycles. The molecule has 3 aliphatic rings. The number of rotatable bonds is 4. The molecule has 1 aromatic carbocycles. The molecule has 2 amide bonds. The Balaban J connectivity index is 1.83. The predicted molar refractivity (Wildman–Crippen MR) is 111 cm³/mol.